The molecule has 0 aliphatic carbocycles. The number of aromatic nitrogens is 2. The Hall–Kier alpha value is -1.68. The second kappa shape index (κ2) is 5.59. The zero-order valence-electron chi connectivity index (χ0n) is 9.57. The Labute approximate surface area is 106 Å². The van der Waals surface area contributed by atoms with E-state index in [4.69, 9.17) is 0 Å². The summed E-state index contributed by atoms with van der Waals surface area (Å²) < 4.78 is 13.4. The normalized spacial score (nSPS) is 9.59. The summed E-state index contributed by atoms with van der Waals surface area (Å²) in [4.78, 5) is 8.33. The van der Waals surface area contributed by atoms with Crippen molar-refractivity contribution >= 4 is 23.9 Å². The van der Waals surface area contributed by atoms with Crippen molar-refractivity contribution in [1.82, 2.24) is 9.97 Å². The average Bonchev–Trinajstić information content (AvgIpc) is 2.20. The molecule has 17 heavy (non-hydrogen) atoms. The Morgan fingerprint density at radius 1 is 1.12 bits per heavy atom. The molecule has 1 aromatic heterocycles. The van der Waals surface area contributed by atoms with Crippen molar-refractivity contribution in [2.75, 3.05) is 5.32 Å². The zero-order chi connectivity index (χ0) is 11.5. The number of nitrogens with zero attached hydrogens (tertiary/aromatic N) is 2. The minimum atomic E-state index is -0.295. The number of aryl methyl sites for hydroxylation is 2. The molecule has 0 bridgehead atoms. The molecule has 0 spiro atoms. The van der Waals surface area contributed by atoms with Gasteiger partial charge in [0, 0.05) is 11.8 Å². The van der Waals surface area contributed by atoms with Gasteiger partial charge in [-0.15, -0.1) is 12.4 Å². The Morgan fingerprint density at radius 2 is 1.82 bits per heavy atom. The number of benzene rings is 1. The van der Waals surface area contributed by atoms with Gasteiger partial charge in [0.1, 0.15) is 17.5 Å². The van der Waals surface area contributed by atoms with Crippen LogP contribution in [0.15, 0.2) is 30.3 Å². The maximum absolute atomic E-state index is 13.4. The number of rotatable bonds is 2. The van der Waals surface area contributed by atoms with Crippen LogP contribution in [-0.2, 0) is 0 Å². The van der Waals surface area contributed by atoms with E-state index in [-0.39, 0.29) is 18.2 Å². The molecule has 1 aromatic carbocycles. The Morgan fingerprint density at radius 3 is 2.47 bits per heavy atom. The number of para-hydroxylation sites is 1. The third kappa shape index (κ3) is 3.39. The van der Waals surface area contributed by atoms with Gasteiger partial charge in [0.2, 0.25) is 0 Å². The van der Waals surface area contributed by atoms with E-state index in [1.54, 1.807) is 31.2 Å². The van der Waals surface area contributed by atoms with Gasteiger partial charge < -0.3 is 5.32 Å². The van der Waals surface area contributed by atoms with Crippen LogP contribution in [0.3, 0.4) is 0 Å². The second-order valence-corrected chi connectivity index (χ2v) is 3.55. The molecule has 2 aromatic rings. The highest BCUT2D eigenvalue weighted by molar-refractivity contribution is 5.85. The second-order valence-electron chi connectivity index (χ2n) is 3.55. The van der Waals surface area contributed by atoms with Gasteiger partial charge in [-0.3, -0.25) is 0 Å². The van der Waals surface area contributed by atoms with Crippen molar-refractivity contribution in [1.29, 1.82) is 0 Å². The predicted octanol–water partition coefficient (Wildman–Crippen LogP) is 3.40. The van der Waals surface area contributed by atoms with Gasteiger partial charge in [-0.1, -0.05) is 12.1 Å². The fraction of sp³-hybridized carbons (Fsp3) is 0.167. The molecule has 0 saturated heterocycles. The molecule has 0 radical (unpaired) electrons. The van der Waals surface area contributed by atoms with E-state index in [0.29, 0.717) is 17.3 Å². The fourth-order valence-electron chi connectivity index (χ4n) is 1.48. The molecular weight excluding hydrogens is 241 g/mol. The predicted molar refractivity (Wildman–Crippen MR) is 68.4 cm³/mol. The van der Waals surface area contributed by atoms with E-state index in [0.717, 1.165) is 5.69 Å². The highest BCUT2D eigenvalue weighted by Gasteiger charge is 2.03. The van der Waals surface area contributed by atoms with Crippen LogP contribution in [0.2, 0.25) is 0 Å². The average molecular weight is 254 g/mol. The molecule has 1 heterocycles. The Balaban J connectivity index is 0.00000144. The van der Waals surface area contributed by atoms with Crippen LogP contribution in [0.4, 0.5) is 15.9 Å². The number of hydrogen-bond donors (Lipinski definition) is 1. The number of hydrogen-bond acceptors (Lipinski definition) is 3. The van der Waals surface area contributed by atoms with Crippen LogP contribution >= 0.6 is 12.4 Å². The topological polar surface area (TPSA) is 37.8 Å². The van der Waals surface area contributed by atoms with Crippen molar-refractivity contribution in [3.63, 3.8) is 0 Å². The smallest absolute Gasteiger partial charge is 0.146 e. The van der Waals surface area contributed by atoms with Crippen molar-refractivity contribution in [3.8, 4) is 0 Å². The maximum Gasteiger partial charge on any atom is 0.146 e. The molecule has 5 heteroatoms. The van der Waals surface area contributed by atoms with Crippen molar-refractivity contribution in [3.05, 3.63) is 47.7 Å². The highest BCUT2D eigenvalue weighted by atomic mass is 35.5. The van der Waals surface area contributed by atoms with Gasteiger partial charge in [-0.05, 0) is 26.0 Å². The van der Waals surface area contributed by atoms with E-state index in [1.807, 2.05) is 6.92 Å². The van der Waals surface area contributed by atoms with Crippen LogP contribution in [0.1, 0.15) is 11.5 Å². The van der Waals surface area contributed by atoms with E-state index >= 15 is 0 Å². The molecule has 0 atom stereocenters. The monoisotopic (exact) mass is 253 g/mol. The first-order valence-electron chi connectivity index (χ1n) is 4.99. The van der Waals surface area contributed by atoms with Gasteiger partial charge in [0.05, 0.1) is 5.69 Å². The summed E-state index contributed by atoms with van der Waals surface area (Å²) in [7, 11) is 0. The van der Waals surface area contributed by atoms with E-state index in [9.17, 15) is 4.39 Å². The standard InChI is InChI=1S/C12H12FN3.ClH/c1-8-7-12(15-9(2)14-8)16-11-6-4-3-5-10(11)13;/h3-7H,1-2H3,(H,14,15,16);1H. The number of nitrogens with one attached hydrogen (secondary N) is 1. The molecule has 2 rings (SSSR count). The van der Waals surface area contributed by atoms with Gasteiger partial charge in [0.25, 0.3) is 0 Å². The first-order valence-corrected chi connectivity index (χ1v) is 4.99. The minimum absolute atomic E-state index is 0. The summed E-state index contributed by atoms with van der Waals surface area (Å²) in [6.07, 6.45) is 0. The quantitative estimate of drug-likeness (QED) is 0.891. The largest absolute Gasteiger partial charge is 0.338 e. The molecule has 1 N–H and O–H groups in total. The SMILES string of the molecule is Cc1cc(Nc2ccccc2F)nc(C)n1.Cl. The first kappa shape index (κ1) is 13.4. The molecule has 3 nitrogen and oxygen atoms in total. The lowest BCUT2D eigenvalue weighted by Crippen LogP contribution is -1.99. The zero-order valence-corrected chi connectivity index (χ0v) is 10.4. The molecule has 0 saturated carbocycles. The Kier molecular flexibility index (Phi) is 4.40. The van der Waals surface area contributed by atoms with Crippen LogP contribution in [-0.4, -0.2) is 9.97 Å². The van der Waals surface area contributed by atoms with Crippen molar-refractivity contribution in [2.24, 2.45) is 0 Å². The lowest BCUT2D eigenvalue weighted by Gasteiger charge is -2.07. The van der Waals surface area contributed by atoms with Gasteiger partial charge in [-0.2, -0.15) is 0 Å². The molecule has 0 amide bonds. The third-order valence-corrected chi connectivity index (χ3v) is 2.10. The summed E-state index contributed by atoms with van der Waals surface area (Å²) in [6, 6.07) is 8.27. The van der Waals surface area contributed by atoms with Gasteiger partial charge in [0.15, 0.2) is 0 Å². The summed E-state index contributed by atoms with van der Waals surface area (Å²) in [6.45, 7) is 3.68. The molecule has 0 aliphatic rings. The first-order chi connectivity index (χ1) is 7.65. The molecule has 90 valence electrons. The molecule has 0 unspecified atom stereocenters. The van der Waals surface area contributed by atoms with Crippen LogP contribution < -0.4 is 5.32 Å². The number of halogens is 2. The summed E-state index contributed by atoms with van der Waals surface area (Å²) in [5, 5.41) is 2.93. The summed E-state index contributed by atoms with van der Waals surface area (Å²) in [5.74, 6) is 0.977. The van der Waals surface area contributed by atoms with E-state index in [1.165, 1.54) is 6.07 Å². The lowest BCUT2D eigenvalue weighted by molar-refractivity contribution is 0.632. The summed E-state index contributed by atoms with van der Waals surface area (Å²) >= 11 is 0. The number of anilines is 2. The van der Waals surface area contributed by atoms with Crippen LogP contribution in [0.25, 0.3) is 0 Å². The third-order valence-electron chi connectivity index (χ3n) is 2.10. The molecule has 0 fully saturated rings. The highest BCUT2D eigenvalue weighted by Crippen LogP contribution is 2.18. The van der Waals surface area contributed by atoms with E-state index in [2.05, 4.69) is 15.3 Å². The minimum Gasteiger partial charge on any atom is -0.338 e. The van der Waals surface area contributed by atoms with Crippen LogP contribution in [0, 0.1) is 19.7 Å². The maximum atomic E-state index is 13.4. The summed E-state index contributed by atoms with van der Waals surface area (Å²) in [5.41, 5.74) is 1.27. The van der Waals surface area contributed by atoms with Crippen molar-refractivity contribution < 1.29 is 4.39 Å². The molecular formula is C12H13ClFN3. The van der Waals surface area contributed by atoms with Crippen molar-refractivity contribution in [2.45, 2.75) is 13.8 Å². The van der Waals surface area contributed by atoms with E-state index < -0.39 is 0 Å². The van der Waals surface area contributed by atoms with Crippen LogP contribution in [0.5, 0.6) is 0 Å². The van der Waals surface area contributed by atoms with Gasteiger partial charge in [-0.25, -0.2) is 14.4 Å². The fourth-order valence-corrected chi connectivity index (χ4v) is 1.48. The lowest BCUT2D eigenvalue weighted by atomic mass is 10.3. The Bertz CT molecular complexity index is 497. The van der Waals surface area contributed by atoms with Gasteiger partial charge >= 0.3 is 0 Å². The molecule has 0 aliphatic heterocycles.